The van der Waals surface area contributed by atoms with Gasteiger partial charge in [0.2, 0.25) is 0 Å². The summed E-state index contributed by atoms with van der Waals surface area (Å²) in [5.74, 6) is 1.10. The van der Waals surface area contributed by atoms with Crippen LogP contribution >= 0.6 is 15.9 Å². The molecule has 0 aliphatic carbocycles. The highest BCUT2D eigenvalue weighted by Gasteiger charge is 2.04. The largest absolute Gasteiger partial charge is 0.508 e. The van der Waals surface area contributed by atoms with Crippen LogP contribution in [0.25, 0.3) is 0 Å². The van der Waals surface area contributed by atoms with Crippen LogP contribution in [0.1, 0.15) is 11.1 Å². The van der Waals surface area contributed by atoms with E-state index in [1.807, 2.05) is 37.4 Å². The lowest BCUT2D eigenvalue weighted by atomic mass is 10.2. The number of halogens is 1. The maximum atomic E-state index is 9.41. The van der Waals surface area contributed by atoms with Crippen LogP contribution in [0.3, 0.4) is 0 Å². The van der Waals surface area contributed by atoms with E-state index >= 15 is 0 Å². The number of nitrogens with one attached hydrogen (secondary N) is 1. The Hall–Kier alpha value is -1.52. The van der Waals surface area contributed by atoms with Gasteiger partial charge in [-0.15, -0.1) is 0 Å². The third-order valence-electron chi connectivity index (χ3n) is 2.69. The number of hydrogen-bond donors (Lipinski definition) is 2. The van der Waals surface area contributed by atoms with Gasteiger partial charge in [-0.25, -0.2) is 0 Å². The van der Waals surface area contributed by atoms with Crippen LogP contribution in [0.5, 0.6) is 11.5 Å². The van der Waals surface area contributed by atoms with E-state index in [2.05, 4.69) is 21.2 Å². The lowest BCUT2D eigenvalue weighted by molar-refractivity contribution is 0.301. The van der Waals surface area contributed by atoms with Crippen LogP contribution in [0.4, 0.5) is 0 Å². The smallest absolute Gasteiger partial charge is 0.124 e. The van der Waals surface area contributed by atoms with E-state index in [1.54, 1.807) is 12.1 Å². The monoisotopic (exact) mass is 321 g/mol. The number of aromatic hydroxyl groups is 1. The number of ether oxygens (including phenoxy) is 1. The maximum Gasteiger partial charge on any atom is 0.124 e. The zero-order valence-corrected chi connectivity index (χ0v) is 12.3. The van der Waals surface area contributed by atoms with Crippen LogP contribution in [-0.4, -0.2) is 12.2 Å². The van der Waals surface area contributed by atoms with Gasteiger partial charge in [0.25, 0.3) is 0 Å². The fourth-order valence-electron chi connectivity index (χ4n) is 1.82. The number of hydrogen-bond acceptors (Lipinski definition) is 3. The molecule has 4 heteroatoms. The Morgan fingerprint density at radius 2 is 2.05 bits per heavy atom. The van der Waals surface area contributed by atoms with Crippen molar-refractivity contribution in [2.45, 2.75) is 13.2 Å². The fraction of sp³-hybridized carbons (Fsp3) is 0.200. The second-order valence-electron chi connectivity index (χ2n) is 4.24. The highest BCUT2D eigenvalue weighted by atomic mass is 79.9. The number of phenolic OH excluding ortho intramolecular Hbond substituents is 1. The van der Waals surface area contributed by atoms with Gasteiger partial charge in [0.15, 0.2) is 0 Å². The van der Waals surface area contributed by atoms with Gasteiger partial charge in [0.05, 0.1) is 0 Å². The van der Waals surface area contributed by atoms with Crippen LogP contribution in [0.2, 0.25) is 0 Å². The summed E-state index contributed by atoms with van der Waals surface area (Å²) >= 11 is 3.46. The Balaban J connectivity index is 2.10. The summed E-state index contributed by atoms with van der Waals surface area (Å²) in [5.41, 5.74) is 2.04. The van der Waals surface area contributed by atoms with E-state index in [4.69, 9.17) is 4.74 Å². The van der Waals surface area contributed by atoms with Gasteiger partial charge in [-0.3, -0.25) is 0 Å². The predicted molar refractivity (Wildman–Crippen MR) is 79.3 cm³/mol. The molecule has 0 aliphatic rings. The second kappa shape index (κ2) is 6.59. The van der Waals surface area contributed by atoms with E-state index in [-0.39, 0.29) is 5.75 Å². The Bertz CT molecular complexity index is 558. The van der Waals surface area contributed by atoms with Gasteiger partial charge in [0, 0.05) is 16.6 Å². The first kappa shape index (κ1) is 13.9. The van der Waals surface area contributed by atoms with Crippen LogP contribution in [0.15, 0.2) is 46.9 Å². The maximum absolute atomic E-state index is 9.41. The average molecular weight is 322 g/mol. The Kier molecular flexibility index (Phi) is 4.82. The first-order chi connectivity index (χ1) is 9.19. The fourth-order valence-corrected chi connectivity index (χ4v) is 2.23. The van der Waals surface area contributed by atoms with Gasteiger partial charge in [-0.05, 0) is 42.9 Å². The molecule has 0 atom stereocenters. The molecular weight excluding hydrogens is 306 g/mol. The molecule has 2 aromatic rings. The molecule has 100 valence electrons. The first-order valence-corrected chi connectivity index (χ1v) is 6.82. The molecule has 0 amide bonds. The minimum Gasteiger partial charge on any atom is -0.508 e. The van der Waals surface area contributed by atoms with E-state index in [1.165, 1.54) is 0 Å². The molecule has 0 saturated carbocycles. The van der Waals surface area contributed by atoms with Crippen molar-refractivity contribution in [2.24, 2.45) is 0 Å². The molecule has 0 unspecified atom stereocenters. The highest BCUT2D eigenvalue weighted by molar-refractivity contribution is 9.10. The molecule has 0 spiro atoms. The first-order valence-electron chi connectivity index (χ1n) is 6.03. The van der Waals surface area contributed by atoms with Crippen molar-refractivity contribution >= 4 is 15.9 Å². The predicted octanol–water partition coefficient (Wildman–Crippen LogP) is 3.45. The lowest BCUT2D eigenvalue weighted by Crippen LogP contribution is -2.07. The molecule has 0 saturated heterocycles. The summed E-state index contributed by atoms with van der Waals surface area (Å²) in [4.78, 5) is 0. The molecular formula is C15H16BrNO2. The van der Waals surface area contributed by atoms with Crippen LogP contribution in [0, 0.1) is 0 Å². The van der Waals surface area contributed by atoms with Crippen LogP contribution < -0.4 is 10.1 Å². The van der Waals surface area contributed by atoms with Crippen molar-refractivity contribution in [1.82, 2.24) is 5.32 Å². The van der Waals surface area contributed by atoms with Crippen molar-refractivity contribution in [3.05, 3.63) is 58.1 Å². The normalized spacial score (nSPS) is 10.4. The molecule has 0 heterocycles. The average Bonchev–Trinajstić information content (AvgIpc) is 2.38. The Labute approximate surface area is 121 Å². The molecule has 0 fully saturated rings. The minimum atomic E-state index is 0.257. The van der Waals surface area contributed by atoms with Gasteiger partial charge >= 0.3 is 0 Å². The summed E-state index contributed by atoms with van der Waals surface area (Å²) in [6, 6.07) is 13.0. The summed E-state index contributed by atoms with van der Waals surface area (Å²) in [7, 11) is 1.90. The van der Waals surface area contributed by atoms with E-state index in [0.29, 0.717) is 6.61 Å². The minimum absolute atomic E-state index is 0.257. The number of rotatable bonds is 5. The molecule has 0 aliphatic heterocycles. The highest BCUT2D eigenvalue weighted by Crippen LogP contribution is 2.24. The third-order valence-corrected chi connectivity index (χ3v) is 3.19. The zero-order chi connectivity index (χ0) is 13.7. The lowest BCUT2D eigenvalue weighted by Gasteiger charge is -2.12. The summed E-state index contributed by atoms with van der Waals surface area (Å²) in [5, 5.41) is 12.5. The topological polar surface area (TPSA) is 41.5 Å². The molecule has 0 bridgehead atoms. The standard InChI is InChI=1S/C15H16BrNO2/c1-17-9-12-8-13(16)5-6-15(12)19-10-11-3-2-4-14(18)7-11/h2-8,17-18H,9-10H2,1H3. The van der Waals surface area contributed by atoms with Gasteiger partial charge in [-0.1, -0.05) is 28.1 Å². The van der Waals surface area contributed by atoms with Gasteiger partial charge in [0.1, 0.15) is 18.1 Å². The van der Waals surface area contributed by atoms with E-state index in [9.17, 15) is 5.11 Å². The van der Waals surface area contributed by atoms with E-state index in [0.717, 1.165) is 27.9 Å². The van der Waals surface area contributed by atoms with Gasteiger partial charge < -0.3 is 15.2 Å². The quantitative estimate of drug-likeness (QED) is 0.886. The van der Waals surface area contributed by atoms with Gasteiger partial charge in [-0.2, -0.15) is 0 Å². The van der Waals surface area contributed by atoms with Crippen molar-refractivity contribution in [3.63, 3.8) is 0 Å². The van der Waals surface area contributed by atoms with Crippen LogP contribution in [-0.2, 0) is 13.2 Å². The Morgan fingerprint density at radius 3 is 2.79 bits per heavy atom. The molecule has 0 aromatic heterocycles. The molecule has 2 N–H and O–H groups in total. The molecule has 2 aromatic carbocycles. The van der Waals surface area contributed by atoms with Crippen molar-refractivity contribution in [1.29, 1.82) is 0 Å². The summed E-state index contributed by atoms with van der Waals surface area (Å²) in [6.07, 6.45) is 0. The molecule has 19 heavy (non-hydrogen) atoms. The molecule has 0 radical (unpaired) electrons. The van der Waals surface area contributed by atoms with Crippen molar-refractivity contribution in [2.75, 3.05) is 7.05 Å². The zero-order valence-electron chi connectivity index (χ0n) is 10.7. The Morgan fingerprint density at radius 1 is 1.21 bits per heavy atom. The molecule has 3 nitrogen and oxygen atoms in total. The van der Waals surface area contributed by atoms with Crippen molar-refractivity contribution in [3.8, 4) is 11.5 Å². The molecule has 2 rings (SSSR count). The SMILES string of the molecule is CNCc1cc(Br)ccc1OCc1cccc(O)c1. The number of benzene rings is 2. The number of phenols is 1. The van der Waals surface area contributed by atoms with Crippen molar-refractivity contribution < 1.29 is 9.84 Å². The van der Waals surface area contributed by atoms with E-state index < -0.39 is 0 Å². The summed E-state index contributed by atoms with van der Waals surface area (Å²) < 4.78 is 6.84. The summed E-state index contributed by atoms with van der Waals surface area (Å²) in [6.45, 7) is 1.18. The third kappa shape index (κ3) is 3.98. The second-order valence-corrected chi connectivity index (χ2v) is 5.16.